The number of anilines is 1. The van der Waals surface area contributed by atoms with Gasteiger partial charge in [0.05, 0.1) is 0 Å². The molecule has 0 aliphatic carbocycles. The zero-order chi connectivity index (χ0) is 11.5. The Bertz CT molecular complexity index is 479. The summed E-state index contributed by atoms with van der Waals surface area (Å²) in [5.74, 6) is 0.503. The number of halogens is 2. The number of hydrogen-bond donors (Lipinski definition) is 1. The highest BCUT2D eigenvalue weighted by atomic mass is 35.5. The molecule has 2 aromatic rings. The molecule has 0 unspecified atom stereocenters. The summed E-state index contributed by atoms with van der Waals surface area (Å²) in [4.78, 5) is 0. The lowest BCUT2D eigenvalue weighted by Crippen LogP contribution is -1.87. The van der Waals surface area contributed by atoms with E-state index in [4.69, 9.17) is 22.1 Å². The molecule has 0 radical (unpaired) electrons. The number of rotatable bonds is 2. The predicted octanol–water partition coefficient (Wildman–Crippen LogP) is 3.85. The third-order valence-electron chi connectivity index (χ3n) is 1.95. The van der Waals surface area contributed by atoms with Crippen LogP contribution in [0.1, 0.15) is 0 Å². The third-order valence-corrected chi connectivity index (χ3v) is 2.17. The predicted molar refractivity (Wildman–Crippen MR) is 62.3 cm³/mol. The van der Waals surface area contributed by atoms with Crippen LogP contribution in [0.15, 0.2) is 42.5 Å². The van der Waals surface area contributed by atoms with Crippen molar-refractivity contribution in [1.29, 1.82) is 0 Å². The van der Waals surface area contributed by atoms with E-state index in [1.165, 1.54) is 12.1 Å². The topological polar surface area (TPSA) is 35.2 Å². The van der Waals surface area contributed by atoms with Crippen LogP contribution in [0.3, 0.4) is 0 Å². The van der Waals surface area contributed by atoms with Crippen LogP contribution >= 0.6 is 11.6 Å². The van der Waals surface area contributed by atoms with Crippen LogP contribution in [-0.2, 0) is 0 Å². The van der Waals surface area contributed by atoms with Crippen LogP contribution in [-0.4, -0.2) is 0 Å². The van der Waals surface area contributed by atoms with Crippen molar-refractivity contribution in [1.82, 2.24) is 0 Å². The fraction of sp³-hybridized carbons (Fsp3) is 0. The van der Waals surface area contributed by atoms with Gasteiger partial charge in [0.15, 0.2) is 0 Å². The van der Waals surface area contributed by atoms with E-state index in [0.29, 0.717) is 22.2 Å². The molecular weight excluding hydrogens is 229 g/mol. The molecule has 0 aliphatic heterocycles. The average molecular weight is 238 g/mol. The molecule has 0 amide bonds. The monoisotopic (exact) mass is 237 g/mol. The minimum absolute atomic E-state index is 0.297. The molecular formula is C12H9ClFNO. The molecule has 2 N–H and O–H groups in total. The van der Waals surface area contributed by atoms with Crippen LogP contribution in [0, 0.1) is 5.82 Å². The van der Waals surface area contributed by atoms with Gasteiger partial charge in [-0.3, -0.25) is 0 Å². The van der Waals surface area contributed by atoms with E-state index in [-0.39, 0.29) is 0 Å². The summed E-state index contributed by atoms with van der Waals surface area (Å²) in [6.07, 6.45) is 0. The number of nitrogens with two attached hydrogens (primary N) is 1. The van der Waals surface area contributed by atoms with Crippen molar-refractivity contribution in [2.45, 2.75) is 0 Å². The van der Waals surface area contributed by atoms with Gasteiger partial charge in [-0.2, -0.15) is 0 Å². The molecule has 0 atom stereocenters. The lowest BCUT2D eigenvalue weighted by atomic mass is 10.3. The van der Waals surface area contributed by atoms with Crippen molar-refractivity contribution in [2.24, 2.45) is 0 Å². The quantitative estimate of drug-likeness (QED) is 0.805. The Morgan fingerprint density at radius 2 is 1.69 bits per heavy atom. The maximum atomic E-state index is 13.0. The number of ether oxygens (including phenoxy) is 1. The van der Waals surface area contributed by atoms with E-state index in [1.807, 2.05) is 0 Å². The first-order valence-corrected chi connectivity index (χ1v) is 5.01. The SMILES string of the molecule is Nc1ccc(Oc2cc(F)cc(Cl)c2)cc1. The lowest BCUT2D eigenvalue weighted by Gasteiger charge is -2.06. The smallest absolute Gasteiger partial charge is 0.131 e. The maximum absolute atomic E-state index is 13.0. The van der Waals surface area contributed by atoms with Gasteiger partial charge in [0, 0.05) is 16.8 Å². The van der Waals surface area contributed by atoms with Gasteiger partial charge in [0.2, 0.25) is 0 Å². The number of hydrogen-bond acceptors (Lipinski definition) is 2. The van der Waals surface area contributed by atoms with Crippen molar-refractivity contribution in [3.63, 3.8) is 0 Å². The summed E-state index contributed by atoms with van der Waals surface area (Å²) in [7, 11) is 0. The molecule has 0 spiro atoms. The lowest BCUT2D eigenvalue weighted by molar-refractivity contribution is 0.477. The molecule has 2 nitrogen and oxygen atoms in total. The molecule has 82 valence electrons. The molecule has 0 heterocycles. The fourth-order valence-corrected chi connectivity index (χ4v) is 1.47. The molecule has 0 aromatic heterocycles. The summed E-state index contributed by atoms with van der Waals surface area (Å²) in [5, 5.41) is 0.297. The summed E-state index contributed by atoms with van der Waals surface area (Å²) >= 11 is 5.70. The highest BCUT2D eigenvalue weighted by molar-refractivity contribution is 6.30. The normalized spacial score (nSPS) is 10.1. The Kier molecular flexibility index (Phi) is 2.97. The third kappa shape index (κ3) is 2.64. The van der Waals surface area contributed by atoms with Crippen LogP contribution in [0.5, 0.6) is 11.5 Å². The van der Waals surface area contributed by atoms with E-state index in [2.05, 4.69) is 0 Å². The van der Waals surface area contributed by atoms with Gasteiger partial charge in [0.25, 0.3) is 0 Å². The largest absolute Gasteiger partial charge is 0.457 e. The van der Waals surface area contributed by atoms with Crippen LogP contribution in [0.25, 0.3) is 0 Å². The maximum Gasteiger partial charge on any atom is 0.131 e. The van der Waals surface area contributed by atoms with Gasteiger partial charge in [-0.25, -0.2) is 4.39 Å². The Morgan fingerprint density at radius 3 is 2.31 bits per heavy atom. The van der Waals surface area contributed by atoms with Crippen LogP contribution in [0.2, 0.25) is 5.02 Å². The van der Waals surface area contributed by atoms with Crippen molar-refractivity contribution < 1.29 is 9.13 Å². The molecule has 2 rings (SSSR count). The Balaban J connectivity index is 2.23. The standard InChI is InChI=1S/C12H9ClFNO/c13-8-5-9(14)7-12(6-8)16-11-3-1-10(15)2-4-11/h1-7H,15H2. The Morgan fingerprint density at radius 1 is 1.00 bits per heavy atom. The van der Waals surface area contributed by atoms with Crippen LogP contribution < -0.4 is 10.5 Å². The number of nitrogen functional groups attached to an aromatic ring is 1. The summed E-state index contributed by atoms with van der Waals surface area (Å²) in [5.41, 5.74) is 6.17. The summed E-state index contributed by atoms with van der Waals surface area (Å²) in [6, 6.07) is 10.8. The van der Waals surface area contributed by atoms with Gasteiger partial charge in [-0.15, -0.1) is 0 Å². The molecule has 0 saturated carbocycles. The van der Waals surface area contributed by atoms with E-state index in [0.717, 1.165) is 0 Å². The highest BCUT2D eigenvalue weighted by Crippen LogP contribution is 2.26. The second-order valence-electron chi connectivity index (χ2n) is 3.28. The minimum Gasteiger partial charge on any atom is -0.457 e. The van der Waals surface area contributed by atoms with Crippen molar-refractivity contribution in [3.8, 4) is 11.5 Å². The highest BCUT2D eigenvalue weighted by Gasteiger charge is 2.01. The van der Waals surface area contributed by atoms with Gasteiger partial charge >= 0.3 is 0 Å². The minimum atomic E-state index is -0.432. The zero-order valence-corrected chi connectivity index (χ0v) is 9.04. The van der Waals surface area contributed by atoms with E-state index >= 15 is 0 Å². The van der Waals surface area contributed by atoms with E-state index < -0.39 is 5.82 Å². The molecule has 0 aliphatic rings. The van der Waals surface area contributed by atoms with E-state index in [1.54, 1.807) is 30.3 Å². The molecule has 4 heteroatoms. The zero-order valence-electron chi connectivity index (χ0n) is 8.28. The van der Waals surface area contributed by atoms with E-state index in [9.17, 15) is 4.39 Å². The first kappa shape index (κ1) is 10.8. The van der Waals surface area contributed by atoms with Gasteiger partial charge in [-0.1, -0.05) is 11.6 Å². The number of benzene rings is 2. The second-order valence-corrected chi connectivity index (χ2v) is 3.71. The Hall–Kier alpha value is -1.74. The first-order valence-electron chi connectivity index (χ1n) is 4.63. The first-order chi connectivity index (χ1) is 7.63. The second kappa shape index (κ2) is 4.41. The van der Waals surface area contributed by atoms with Crippen molar-refractivity contribution in [3.05, 3.63) is 53.3 Å². The van der Waals surface area contributed by atoms with Gasteiger partial charge in [-0.05, 0) is 36.4 Å². The fourth-order valence-electron chi connectivity index (χ4n) is 1.26. The van der Waals surface area contributed by atoms with Gasteiger partial charge < -0.3 is 10.5 Å². The summed E-state index contributed by atoms with van der Waals surface area (Å²) in [6.45, 7) is 0. The molecule has 2 aromatic carbocycles. The molecule has 0 bridgehead atoms. The Labute approximate surface area is 97.4 Å². The average Bonchev–Trinajstić information content (AvgIpc) is 2.20. The van der Waals surface area contributed by atoms with Gasteiger partial charge in [0.1, 0.15) is 17.3 Å². The molecule has 0 fully saturated rings. The van der Waals surface area contributed by atoms with Crippen LogP contribution in [0.4, 0.5) is 10.1 Å². The van der Waals surface area contributed by atoms with Crippen molar-refractivity contribution >= 4 is 17.3 Å². The summed E-state index contributed by atoms with van der Waals surface area (Å²) < 4.78 is 18.4. The molecule has 16 heavy (non-hydrogen) atoms. The van der Waals surface area contributed by atoms with Crippen molar-refractivity contribution in [2.75, 3.05) is 5.73 Å². The molecule has 0 saturated heterocycles.